The molecule has 6 aromatic carbocycles. The topological polar surface area (TPSA) is 51.9 Å². The molecule has 0 spiro atoms. The normalized spacial score (nSPS) is 12.7. The maximum atomic E-state index is 13.4. The molecule has 42 heavy (non-hydrogen) atoms. The van der Waals surface area contributed by atoms with Crippen LogP contribution in [-0.2, 0) is 0 Å². The van der Waals surface area contributed by atoms with Gasteiger partial charge in [-0.25, -0.2) is 0 Å². The molecule has 0 saturated carbocycles. The molecule has 198 valence electrons. The Balaban J connectivity index is 1.19. The Hall–Kier alpha value is -5.81. The lowest BCUT2D eigenvalue weighted by molar-refractivity contribution is 0.446. The minimum absolute atomic E-state index is 0.0304. The number of rotatable bonds is 2. The number of hydrogen-bond donors (Lipinski definition) is 0. The number of fused-ring (bicyclic) bond motifs is 6. The van der Waals surface area contributed by atoms with Gasteiger partial charge in [0.1, 0.15) is 16.9 Å². The average molecular weight is 544 g/mol. The van der Waals surface area contributed by atoms with E-state index >= 15 is 0 Å². The first-order valence-electron chi connectivity index (χ1n) is 13.8. The van der Waals surface area contributed by atoms with E-state index in [1.165, 1.54) is 0 Å². The molecule has 0 saturated heterocycles. The summed E-state index contributed by atoms with van der Waals surface area (Å²) in [5.74, 6) is 3.07. The predicted molar refractivity (Wildman–Crippen MR) is 166 cm³/mol. The highest BCUT2D eigenvalue weighted by Crippen LogP contribution is 2.59. The Morgan fingerprint density at radius 1 is 0.476 bits per heavy atom. The molecule has 2 aliphatic rings. The summed E-state index contributed by atoms with van der Waals surface area (Å²) in [6.07, 6.45) is 0. The van der Waals surface area contributed by atoms with Crippen LogP contribution in [0.3, 0.4) is 0 Å². The lowest BCUT2D eigenvalue weighted by atomic mass is 9.93. The van der Waals surface area contributed by atoms with Gasteiger partial charge in [0.05, 0.1) is 22.1 Å². The predicted octanol–water partition coefficient (Wildman–Crippen LogP) is 9.96. The Morgan fingerprint density at radius 2 is 1.10 bits per heavy atom. The molecule has 1 aromatic heterocycles. The van der Waals surface area contributed by atoms with Crippen LogP contribution in [0.25, 0.3) is 44.2 Å². The van der Waals surface area contributed by atoms with E-state index in [4.69, 9.17) is 13.9 Å². The van der Waals surface area contributed by atoms with Gasteiger partial charge in [-0.1, -0.05) is 66.7 Å². The summed E-state index contributed by atoms with van der Waals surface area (Å²) in [7, 11) is 0. The van der Waals surface area contributed by atoms with Crippen molar-refractivity contribution >= 4 is 39.0 Å². The molecule has 9 rings (SSSR count). The monoisotopic (exact) mass is 543 g/mol. The average Bonchev–Trinajstić information content (AvgIpc) is 3.04. The van der Waals surface area contributed by atoms with E-state index in [-0.39, 0.29) is 5.43 Å². The fourth-order valence-electron chi connectivity index (χ4n) is 6.13. The van der Waals surface area contributed by atoms with Gasteiger partial charge in [0.2, 0.25) is 5.43 Å². The van der Waals surface area contributed by atoms with Gasteiger partial charge in [0.25, 0.3) is 0 Å². The van der Waals surface area contributed by atoms with E-state index in [0.717, 1.165) is 62.3 Å². The van der Waals surface area contributed by atoms with Gasteiger partial charge in [0, 0.05) is 0 Å². The number of hydrogen-bond acceptors (Lipinski definition) is 5. The second-order valence-corrected chi connectivity index (χ2v) is 10.5. The molecular weight excluding hydrogens is 522 g/mol. The highest BCUT2D eigenvalue weighted by molar-refractivity contribution is 5.97. The fourth-order valence-corrected chi connectivity index (χ4v) is 6.13. The molecule has 5 heteroatoms. The Kier molecular flexibility index (Phi) is 4.70. The van der Waals surface area contributed by atoms with Crippen LogP contribution in [-0.4, -0.2) is 0 Å². The van der Waals surface area contributed by atoms with Crippen molar-refractivity contribution in [1.82, 2.24) is 0 Å². The number of para-hydroxylation sites is 4. The molecular formula is C37H21NO4. The van der Waals surface area contributed by atoms with Gasteiger partial charge in [-0.15, -0.1) is 0 Å². The summed E-state index contributed by atoms with van der Waals surface area (Å²) in [5.41, 5.74) is 7.96. The second kappa shape index (κ2) is 8.59. The Labute approximate surface area is 240 Å². The fraction of sp³-hybridized carbons (Fsp3) is 0. The van der Waals surface area contributed by atoms with E-state index in [0.29, 0.717) is 21.9 Å². The van der Waals surface area contributed by atoms with Gasteiger partial charge in [-0.05, 0) is 82.9 Å². The molecule has 0 unspecified atom stereocenters. The minimum atomic E-state index is -0.0304. The summed E-state index contributed by atoms with van der Waals surface area (Å²) in [5, 5.41) is 1.14. The van der Waals surface area contributed by atoms with Crippen molar-refractivity contribution in [3.8, 4) is 45.3 Å². The van der Waals surface area contributed by atoms with E-state index in [2.05, 4.69) is 41.3 Å². The SMILES string of the molecule is O=c1c2ccccc2oc2ccc(-c3ccccc3-c3ccc4c(c3)Oc3cccc5c3N4c3ccccc3O5)cc12. The van der Waals surface area contributed by atoms with Crippen LogP contribution in [0.15, 0.2) is 137 Å². The number of ether oxygens (including phenoxy) is 2. The van der Waals surface area contributed by atoms with Crippen molar-refractivity contribution in [2.45, 2.75) is 0 Å². The van der Waals surface area contributed by atoms with E-state index < -0.39 is 0 Å². The van der Waals surface area contributed by atoms with Gasteiger partial charge < -0.3 is 13.9 Å². The molecule has 0 amide bonds. The summed E-state index contributed by atoms with van der Waals surface area (Å²) in [6, 6.07) is 41.7. The minimum Gasteiger partial charge on any atom is -0.456 e. The van der Waals surface area contributed by atoms with Crippen LogP contribution in [0.2, 0.25) is 0 Å². The highest BCUT2D eigenvalue weighted by Gasteiger charge is 2.34. The van der Waals surface area contributed by atoms with Gasteiger partial charge in [-0.3, -0.25) is 9.69 Å². The third kappa shape index (κ3) is 3.28. The van der Waals surface area contributed by atoms with Crippen LogP contribution in [0.4, 0.5) is 17.1 Å². The summed E-state index contributed by atoms with van der Waals surface area (Å²) in [6.45, 7) is 0. The van der Waals surface area contributed by atoms with E-state index in [9.17, 15) is 4.79 Å². The third-order valence-corrected chi connectivity index (χ3v) is 8.06. The molecule has 7 aromatic rings. The van der Waals surface area contributed by atoms with Crippen molar-refractivity contribution in [3.05, 3.63) is 138 Å². The molecule has 0 fully saturated rings. The third-order valence-electron chi connectivity index (χ3n) is 8.06. The smallest absolute Gasteiger partial charge is 0.200 e. The Bertz CT molecular complexity index is 2300. The van der Waals surface area contributed by atoms with Crippen molar-refractivity contribution < 1.29 is 13.9 Å². The molecule has 0 radical (unpaired) electrons. The zero-order valence-electron chi connectivity index (χ0n) is 22.2. The van der Waals surface area contributed by atoms with Gasteiger partial charge in [-0.2, -0.15) is 0 Å². The molecule has 0 bridgehead atoms. The molecule has 0 N–H and O–H groups in total. The van der Waals surface area contributed by atoms with Crippen molar-refractivity contribution in [3.63, 3.8) is 0 Å². The maximum Gasteiger partial charge on any atom is 0.200 e. The zero-order valence-corrected chi connectivity index (χ0v) is 22.2. The van der Waals surface area contributed by atoms with Crippen molar-refractivity contribution in [2.75, 3.05) is 4.90 Å². The van der Waals surface area contributed by atoms with Crippen LogP contribution in [0.1, 0.15) is 0 Å². The summed E-state index contributed by atoms with van der Waals surface area (Å²) >= 11 is 0. The first-order valence-corrected chi connectivity index (χ1v) is 13.8. The number of anilines is 3. The highest BCUT2D eigenvalue weighted by atomic mass is 16.5. The van der Waals surface area contributed by atoms with Crippen molar-refractivity contribution in [2.24, 2.45) is 0 Å². The quantitative estimate of drug-likeness (QED) is 0.203. The first-order chi connectivity index (χ1) is 20.7. The van der Waals surface area contributed by atoms with Gasteiger partial charge >= 0.3 is 0 Å². The van der Waals surface area contributed by atoms with Crippen LogP contribution in [0, 0.1) is 0 Å². The molecule has 0 aliphatic carbocycles. The zero-order chi connectivity index (χ0) is 27.8. The van der Waals surface area contributed by atoms with Crippen LogP contribution in [0.5, 0.6) is 23.0 Å². The molecule has 5 nitrogen and oxygen atoms in total. The van der Waals surface area contributed by atoms with E-state index in [1.54, 1.807) is 0 Å². The summed E-state index contributed by atoms with van der Waals surface area (Å²) < 4.78 is 18.7. The number of benzene rings is 6. The standard InChI is InChI=1S/C37H21NO4/c39-37-26-10-3-5-12-30(26)40-31-19-17-22(20-27(31)37)24-8-1-2-9-25(24)23-16-18-29-35(21-23)42-34-15-7-14-33-36(34)38(29)28-11-4-6-13-32(28)41-33/h1-21H. The summed E-state index contributed by atoms with van der Waals surface area (Å²) in [4.78, 5) is 15.6. The molecule has 3 heterocycles. The lowest BCUT2D eigenvalue weighted by Gasteiger charge is -2.37. The second-order valence-electron chi connectivity index (χ2n) is 10.5. The number of nitrogens with zero attached hydrogens (tertiary/aromatic N) is 1. The van der Waals surface area contributed by atoms with Crippen molar-refractivity contribution in [1.29, 1.82) is 0 Å². The maximum absolute atomic E-state index is 13.4. The molecule has 0 atom stereocenters. The van der Waals surface area contributed by atoms with Crippen LogP contribution < -0.4 is 19.8 Å². The van der Waals surface area contributed by atoms with Gasteiger partial charge in [0.15, 0.2) is 23.0 Å². The largest absolute Gasteiger partial charge is 0.456 e. The first kappa shape index (κ1) is 22.9. The van der Waals surface area contributed by atoms with Crippen LogP contribution >= 0.6 is 0 Å². The molecule has 2 aliphatic heterocycles. The lowest BCUT2D eigenvalue weighted by Crippen LogP contribution is -2.20. The van der Waals surface area contributed by atoms with E-state index in [1.807, 2.05) is 91.0 Å². The Morgan fingerprint density at radius 3 is 1.95 bits per heavy atom.